The van der Waals surface area contributed by atoms with Crippen LogP contribution in [0.5, 0.6) is 69.0 Å². The zero-order valence-corrected chi connectivity index (χ0v) is 33.4. The van der Waals surface area contributed by atoms with Crippen LogP contribution in [0, 0.1) is 0 Å². The highest BCUT2D eigenvalue weighted by Crippen LogP contribution is 2.58. The summed E-state index contributed by atoms with van der Waals surface area (Å²) in [5.74, 6) is -34.3. The number of hydrogen-bond acceptors (Lipinski definition) is 27. The van der Waals surface area contributed by atoms with Crippen molar-refractivity contribution >= 4 is 35.6 Å². The lowest BCUT2D eigenvalue weighted by atomic mass is 9.70. The fraction of sp³-hybridized carbons (Fsp3) is 0.220. The highest BCUT2D eigenvalue weighted by molar-refractivity contribution is 6.08. The number of hydrogen-bond donors (Lipinski definition) is 14. The highest BCUT2D eigenvalue weighted by Gasteiger charge is 2.70. The van der Waals surface area contributed by atoms with Gasteiger partial charge in [0.2, 0.25) is 23.9 Å². The molecule has 27 nitrogen and oxygen atoms in total. The molecule has 4 aromatic carbocycles. The van der Waals surface area contributed by atoms with E-state index in [4.69, 9.17) is 33.2 Å². The number of ether oxygens (including phenoxy) is 7. The molecule has 6 unspecified atom stereocenters. The highest BCUT2D eigenvalue weighted by atomic mass is 16.8. The second-order valence-electron chi connectivity index (χ2n) is 15.1. The van der Waals surface area contributed by atoms with Gasteiger partial charge in [-0.3, -0.25) is 4.79 Å². The van der Waals surface area contributed by atoms with Crippen LogP contribution in [0.25, 0.3) is 0 Å². The van der Waals surface area contributed by atoms with Gasteiger partial charge in [0.05, 0.1) is 33.7 Å². The molecule has 4 bridgehead atoms. The van der Waals surface area contributed by atoms with Gasteiger partial charge in [0, 0.05) is 5.56 Å². The van der Waals surface area contributed by atoms with Crippen LogP contribution < -0.4 is 4.74 Å². The van der Waals surface area contributed by atoms with Gasteiger partial charge in [-0.2, -0.15) is 0 Å². The van der Waals surface area contributed by atoms with E-state index in [1.165, 1.54) is 0 Å². The summed E-state index contributed by atoms with van der Waals surface area (Å²) in [5.41, 5.74) is -5.56. The Morgan fingerprint density at radius 1 is 0.574 bits per heavy atom. The summed E-state index contributed by atoms with van der Waals surface area (Å²) < 4.78 is 38.6. The molecule has 27 heteroatoms. The van der Waals surface area contributed by atoms with E-state index in [-0.39, 0.29) is 6.08 Å². The van der Waals surface area contributed by atoms with Gasteiger partial charge in [-0.05, 0) is 48.5 Å². The van der Waals surface area contributed by atoms with Crippen molar-refractivity contribution in [1.82, 2.24) is 0 Å². The summed E-state index contributed by atoms with van der Waals surface area (Å²) >= 11 is 0. The van der Waals surface area contributed by atoms with Crippen molar-refractivity contribution in [3.8, 4) is 69.0 Å². The SMILES string of the molecule is O=C1OC2C(COC(=O)c3cc(O)c(O)c(O)c3)OC(OC(=O)c3cc(O)c(O)c(O)c3)C(OC(=O)c3cc(O)c(O)c4c3C3C1=CC(=O)[C@](O)(O4)C3(O)O)C2OC(=O)c1cc(O)c(O)c(O)c1. The number of carbonyl (C=O) groups is 6. The lowest BCUT2D eigenvalue weighted by Crippen LogP contribution is -2.70. The first kappa shape index (κ1) is 45.6. The van der Waals surface area contributed by atoms with E-state index < -0.39 is 193 Å². The van der Waals surface area contributed by atoms with Crippen LogP contribution in [-0.4, -0.2) is 156 Å². The summed E-state index contributed by atoms with van der Waals surface area (Å²) in [7, 11) is 0. The lowest BCUT2D eigenvalue weighted by Gasteiger charge is -2.49. The number of benzene rings is 4. The predicted octanol–water partition coefficient (Wildman–Crippen LogP) is -1.08. The minimum atomic E-state index is -3.98. The largest absolute Gasteiger partial charge is 0.504 e. The van der Waals surface area contributed by atoms with E-state index in [1.54, 1.807) is 0 Å². The number of aliphatic hydroxyl groups is 3. The first-order chi connectivity index (χ1) is 31.8. The summed E-state index contributed by atoms with van der Waals surface area (Å²) in [6, 6.07) is 3.80. The Bertz CT molecular complexity index is 2870. The van der Waals surface area contributed by atoms with E-state index >= 15 is 0 Å². The number of aromatic hydroxyl groups is 11. The lowest BCUT2D eigenvalue weighted by molar-refractivity contribution is -0.339. The van der Waals surface area contributed by atoms with Crippen LogP contribution in [0.2, 0.25) is 0 Å². The van der Waals surface area contributed by atoms with Gasteiger partial charge in [0.25, 0.3) is 5.79 Å². The fourth-order valence-electron chi connectivity index (χ4n) is 7.59. The molecule has 3 heterocycles. The van der Waals surface area contributed by atoms with Gasteiger partial charge in [-0.15, -0.1) is 0 Å². The zero-order valence-electron chi connectivity index (χ0n) is 33.4. The number of ketones is 1. The molecule has 0 amide bonds. The number of phenols is 11. The van der Waals surface area contributed by atoms with Crippen LogP contribution >= 0.6 is 0 Å². The minimum Gasteiger partial charge on any atom is -0.504 e. The molecule has 356 valence electrons. The van der Waals surface area contributed by atoms with E-state index in [0.717, 1.165) is 0 Å². The third-order valence-corrected chi connectivity index (χ3v) is 10.9. The van der Waals surface area contributed by atoms with E-state index in [2.05, 4.69) is 0 Å². The molecule has 4 aliphatic rings. The summed E-state index contributed by atoms with van der Waals surface area (Å²) in [5, 5.41) is 146. The first-order valence-electron chi connectivity index (χ1n) is 19.0. The van der Waals surface area contributed by atoms with Gasteiger partial charge < -0.3 is 105 Å². The predicted molar refractivity (Wildman–Crippen MR) is 205 cm³/mol. The van der Waals surface area contributed by atoms with Crippen LogP contribution in [0.4, 0.5) is 0 Å². The Balaban J connectivity index is 1.32. The number of fused-ring (bicyclic) bond motifs is 3. The minimum absolute atomic E-state index is 0.258. The van der Waals surface area contributed by atoms with Crippen molar-refractivity contribution in [3.05, 3.63) is 81.9 Å². The van der Waals surface area contributed by atoms with Crippen LogP contribution in [0.15, 0.2) is 54.1 Å². The van der Waals surface area contributed by atoms with Gasteiger partial charge in [0.15, 0.2) is 75.5 Å². The van der Waals surface area contributed by atoms with Crippen molar-refractivity contribution < 1.29 is 133 Å². The normalized spacial score (nSPS) is 24.5. The van der Waals surface area contributed by atoms with Gasteiger partial charge >= 0.3 is 35.6 Å². The summed E-state index contributed by atoms with van der Waals surface area (Å²) in [6.45, 7) is -1.28. The van der Waals surface area contributed by atoms with Crippen LogP contribution in [-0.2, 0) is 38.0 Å². The summed E-state index contributed by atoms with van der Waals surface area (Å²) in [6.07, 6.45) is -12.1. The van der Waals surface area contributed by atoms with Crippen molar-refractivity contribution in [1.29, 1.82) is 0 Å². The maximum atomic E-state index is 14.5. The fourth-order valence-corrected chi connectivity index (χ4v) is 7.59. The monoisotopic (exact) mass is 954 g/mol. The molecule has 4 aromatic rings. The van der Waals surface area contributed by atoms with Gasteiger partial charge in [-0.1, -0.05) is 0 Å². The Hall–Kier alpha value is -8.92. The number of rotatable bonds is 7. The quantitative estimate of drug-likeness (QED) is 0.0453. The average molecular weight is 955 g/mol. The van der Waals surface area contributed by atoms with Crippen molar-refractivity contribution in [2.24, 2.45) is 0 Å². The van der Waals surface area contributed by atoms with Gasteiger partial charge in [0.1, 0.15) is 12.7 Å². The molecule has 14 N–H and O–H groups in total. The molecule has 1 fully saturated rings. The molecule has 0 radical (unpaired) electrons. The average Bonchev–Trinajstić information content (AvgIpc) is 3.28. The Morgan fingerprint density at radius 2 is 1.03 bits per heavy atom. The second kappa shape index (κ2) is 15.9. The molecule has 0 aromatic heterocycles. The molecular formula is C41H30O27. The molecule has 68 heavy (non-hydrogen) atoms. The molecule has 8 rings (SSSR count). The van der Waals surface area contributed by atoms with Crippen LogP contribution in [0.3, 0.4) is 0 Å². The van der Waals surface area contributed by atoms with Crippen molar-refractivity contribution in [2.45, 2.75) is 48.2 Å². The standard InChI is InChI=1S/C41H30O27/c42-15-1-10(2-16(43)26(15)50)34(54)62-9-22-30-32(65-35(55)11-3-17(44)27(51)18(45)4-11)33(39(63-22)67-36(56)12-5-19(46)28(52)20(47)6-12)66-37(57)13-7-21(48)29(53)31-24(13)25-14(38(58)64-30)8-23(49)41(61,68-31)40(25,59)60/h1-8,22,25,30,32-33,39,42-48,50-53,59-61H,9H2/t22?,25?,30?,32?,33?,39?,41-/m0/s1. The van der Waals surface area contributed by atoms with Crippen molar-refractivity contribution in [3.63, 3.8) is 0 Å². The molecular weight excluding hydrogens is 924 g/mol. The number of carbonyl (C=O) groups excluding carboxylic acids is 6. The molecule has 3 aliphatic heterocycles. The van der Waals surface area contributed by atoms with Crippen molar-refractivity contribution in [2.75, 3.05) is 6.61 Å². The first-order valence-corrected chi connectivity index (χ1v) is 19.0. The third-order valence-electron chi connectivity index (χ3n) is 10.9. The summed E-state index contributed by atoms with van der Waals surface area (Å²) in [4.78, 5) is 83.4. The Labute approximate surface area is 374 Å². The topological polar surface area (TPSA) is 450 Å². The second-order valence-corrected chi connectivity index (χ2v) is 15.1. The Kier molecular flexibility index (Phi) is 10.7. The maximum Gasteiger partial charge on any atom is 0.340 e. The zero-order chi connectivity index (χ0) is 49.6. The molecule has 1 aliphatic carbocycles. The smallest absolute Gasteiger partial charge is 0.340 e. The van der Waals surface area contributed by atoms with E-state index in [9.17, 15) is 100 Å². The van der Waals surface area contributed by atoms with Crippen LogP contribution in [0.1, 0.15) is 52.9 Å². The Morgan fingerprint density at radius 3 is 1.54 bits per heavy atom. The van der Waals surface area contributed by atoms with Gasteiger partial charge in [-0.25, -0.2) is 24.0 Å². The molecule has 0 spiro atoms. The number of esters is 5. The van der Waals surface area contributed by atoms with E-state index in [1.807, 2.05) is 0 Å². The molecule has 1 saturated heterocycles. The maximum absolute atomic E-state index is 14.5. The third kappa shape index (κ3) is 7.18. The molecule has 0 saturated carbocycles. The van der Waals surface area contributed by atoms with E-state index in [0.29, 0.717) is 42.5 Å². The molecule has 7 atom stereocenters. The number of phenolic OH excluding ortho intramolecular Hbond substituents is 11.